The van der Waals surface area contributed by atoms with Crippen molar-refractivity contribution in [2.45, 2.75) is 12.8 Å². The Morgan fingerprint density at radius 2 is 1.79 bits per heavy atom. The van der Waals surface area contributed by atoms with Gasteiger partial charge in [0, 0.05) is 18.3 Å². The summed E-state index contributed by atoms with van der Waals surface area (Å²) in [7, 11) is 0. The number of hydrogen-bond acceptors (Lipinski definition) is 1. The number of para-hydroxylation sites is 1. The van der Waals surface area contributed by atoms with Crippen molar-refractivity contribution < 1.29 is 8.78 Å². The molecular weight excluding hydrogens is 244 g/mol. The lowest BCUT2D eigenvalue weighted by atomic mass is 9.89. The van der Waals surface area contributed by atoms with Crippen LogP contribution in [-0.2, 0) is 12.8 Å². The molecule has 1 N–H and O–H groups in total. The van der Waals surface area contributed by atoms with Crippen molar-refractivity contribution in [1.82, 2.24) is 0 Å². The van der Waals surface area contributed by atoms with Crippen LogP contribution in [0.25, 0.3) is 0 Å². The molecule has 1 heterocycles. The van der Waals surface area contributed by atoms with Gasteiger partial charge in [-0.25, -0.2) is 8.78 Å². The zero-order valence-electron chi connectivity index (χ0n) is 10.5. The third-order valence-corrected chi connectivity index (χ3v) is 3.55. The normalized spacial score (nSPS) is 17.7. The van der Waals surface area contributed by atoms with Gasteiger partial charge in [-0.2, -0.15) is 0 Å². The average molecular weight is 259 g/mol. The summed E-state index contributed by atoms with van der Waals surface area (Å²) in [5.74, 6) is -0.630. The van der Waals surface area contributed by atoms with Gasteiger partial charge in [0.1, 0.15) is 11.6 Å². The van der Waals surface area contributed by atoms with Crippen LogP contribution in [0, 0.1) is 17.6 Å². The number of nitrogens with one attached hydrogen (secondary N) is 1. The Morgan fingerprint density at radius 1 is 1.05 bits per heavy atom. The van der Waals surface area contributed by atoms with Gasteiger partial charge in [-0.1, -0.05) is 18.2 Å². The summed E-state index contributed by atoms with van der Waals surface area (Å²) < 4.78 is 26.3. The first-order valence-corrected chi connectivity index (χ1v) is 6.47. The second-order valence-corrected chi connectivity index (χ2v) is 5.09. The molecule has 0 spiro atoms. The minimum Gasteiger partial charge on any atom is -0.385 e. The van der Waals surface area contributed by atoms with E-state index in [1.807, 2.05) is 12.1 Å². The van der Waals surface area contributed by atoms with Crippen molar-refractivity contribution in [1.29, 1.82) is 0 Å². The van der Waals surface area contributed by atoms with E-state index in [-0.39, 0.29) is 0 Å². The molecule has 1 atom stereocenters. The molecule has 0 aromatic heterocycles. The van der Waals surface area contributed by atoms with E-state index in [2.05, 4.69) is 17.4 Å². The quantitative estimate of drug-likeness (QED) is 0.865. The fourth-order valence-corrected chi connectivity index (χ4v) is 2.71. The number of halogens is 2. The largest absolute Gasteiger partial charge is 0.385 e. The van der Waals surface area contributed by atoms with E-state index in [4.69, 9.17) is 0 Å². The maximum absolute atomic E-state index is 13.2. The molecule has 0 amide bonds. The van der Waals surface area contributed by atoms with Gasteiger partial charge in [-0.3, -0.25) is 0 Å². The summed E-state index contributed by atoms with van der Waals surface area (Å²) in [5, 5.41) is 3.37. The van der Waals surface area contributed by atoms with Gasteiger partial charge in [0.25, 0.3) is 0 Å². The summed E-state index contributed by atoms with van der Waals surface area (Å²) in [6.45, 7) is 0.842. The molecule has 1 unspecified atom stereocenters. The van der Waals surface area contributed by atoms with Crippen molar-refractivity contribution in [2.24, 2.45) is 5.92 Å². The van der Waals surface area contributed by atoms with Gasteiger partial charge in [-0.05, 0) is 48.1 Å². The first kappa shape index (κ1) is 12.2. The van der Waals surface area contributed by atoms with E-state index >= 15 is 0 Å². The average Bonchev–Trinajstić information content (AvgIpc) is 2.37. The summed E-state index contributed by atoms with van der Waals surface area (Å²) in [5.41, 5.74) is 3.17. The predicted octanol–water partition coefficient (Wildman–Crippen LogP) is 3.79. The van der Waals surface area contributed by atoms with Crippen LogP contribution >= 0.6 is 0 Å². The van der Waals surface area contributed by atoms with E-state index in [0.29, 0.717) is 12.3 Å². The molecular formula is C16H15F2N. The van der Waals surface area contributed by atoms with E-state index in [0.717, 1.165) is 24.6 Å². The lowest BCUT2D eigenvalue weighted by Gasteiger charge is -2.26. The van der Waals surface area contributed by atoms with Crippen LogP contribution in [-0.4, -0.2) is 6.54 Å². The van der Waals surface area contributed by atoms with Crippen molar-refractivity contribution in [3.63, 3.8) is 0 Å². The molecule has 3 rings (SSSR count). The third kappa shape index (κ3) is 2.75. The highest BCUT2D eigenvalue weighted by Gasteiger charge is 2.18. The Balaban J connectivity index is 1.75. The molecule has 0 fully saturated rings. The van der Waals surface area contributed by atoms with Crippen LogP contribution in [0.2, 0.25) is 0 Å². The number of anilines is 1. The monoisotopic (exact) mass is 259 g/mol. The van der Waals surface area contributed by atoms with E-state index in [9.17, 15) is 8.78 Å². The molecule has 98 valence electrons. The van der Waals surface area contributed by atoms with Crippen LogP contribution in [0.3, 0.4) is 0 Å². The van der Waals surface area contributed by atoms with Gasteiger partial charge in [0.2, 0.25) is 0 Å². The number of benzene rings is 2. The molecule has 0 aliphatic carbocycles. The lowest BCUT2D eigenvalue weighted by Crippen LogP contribution is -2.24. The van der Waals surface area contributed by atoms with E-state index < -0.39 is 11.6 Å². The van der Waals surface area contributed by atoms with Crippen LogP contribution in [0.4, 0.5) is 14.5 Å². The predicted molar refractivity (Wildman–Crippen MR) is 72.2 cm³/mol. The zero-order chi connectivity index (χ0) is 13.2. The second kappa shape index (κ2) is 5.00. The van der Waals surface area contributed by atoms with Crippen LogP contribution in [0.15, 0.2) is 42.5 Å². The first-order chi connectivity index (χ1) is 9.20. The van der Waals surface area contributed by atoms with Gasteiger partial charge in [-0.15, -0.1) is 0 Å². The molecule has 0 bridgehead atoms. The summed E-state index contributed by atoms with van der Waals surface area (Å²) in [6, 6.07) is 11.9. The van der Waals surface area contributed by atoms with Gasteiger partial charge in [0.05, 0.1) is 0 Å². The summed E-state index contributed by atoms with van der Waals surface area (Å²) >= 11 is 0. The second-order valence-electron chi connectivity index (χ2n) is 5.09. The Labute approximate surface area is 111 Å². The first-order valence-electron chi connectivity index (χ1n) is 6.47. The maximum Gasteiger partial charge on any atom is 0.126 e. The van der Waals surface area contributed by atoms with Gasteiger partial charge in [0.15, 0.2) is 0 Å². The van der Waals surface area contributed by atoms with Gasteiger partial charge < -0.3 is 5.32 Å². The molecule has 1 aliphatic heterocycles. The Morgan fingerprint density at radius 3 is 2.58 bits per heavy atom. The number of fused-ring (bicyclic) bond motifs is 1. The SMILES string of the molecule is Fc1cc(F)cc(CC2CNc3ccccc3C2)c1. The summed E-state index contributed by atoms with van der Waals surface area (Å²) in [4.78, 5) is 0. The van der Waals surface area contributed by atoms with Crippen LogP contribution in [0.5, 0.6) is 0 Å². The van der Waals surface area contributed by atoms with Crippen molar-refractivity contribution in [3.8, 4) is 0 Å². The summed E-state index contributed by atoms with van der Waals surface area (Å²) in [6.07, 6.45) is 1.64. The van der Waals surface area contributed by atoms with E-state index in [1.165, 1.54) is 23.4 Å². The van der Waals surface area contributed by atoms with Gasteiger partial charge >= 0.3 is 0 Å². The minimum atomic E-state index is -0.501. The fraction of sp³-hybridized carbons (Fsp3) is 0.250. The minimum absolute atomic E-state index is 0.371. The molecule has 2 aromatic rings. The topological polar surface area (TPSA) is 12.0 Å². The highest BCUT2D eigenvalue weighted by molar-refractivity contribution is 5.53. The third-order valence-electron chi connectivity index (χ3n) is 3.55. The molecule has 0 radical (unpaired) electrons. The number of hydrogen-bond donors (Lipinski definition) is 1. The van der Waals surface area contributed by atoms with Crippen molar-refractivity contribution >= 4 is 5.69 Å². The smallest absolute Gasteiger partial charge is 0.126 e. The van der Waals surface area contributed by atoms with Crippen LogP contribution in [0.1, 0.15) is 11.1 Å². The number of rotatable bonds is 2. The Hall–Kier alpha value is -1.90. The van der Waals surface area contributed by atoms with E-state index in [1.54, 1.807) is 0 Å². The van der Waals surface area contributed by atoms with Crippen LogP contribution < -0.4 is 5.32 Å². The zero-order valence-corrected chi connectivity index (χ0v) is 10.5. The fourth-order valence-electron chi connectivity index (χ4n) is 2.71. The lowest BCUT2D eigenvalue weighted by molar-refractivity contribution is 0.526. The molecule has 1 aliphatic rings. The molecule has 0 saturated heterocycles. The molecule has 3 heteroatoms. The Bertz CT molecular complexity index is 575. The standard InChI is InChI=1S/C16H15F2N/c17-14-7-11(8-15(18)9-14)5-12-6-13-3-1-2-4-16(13)19-10-12/h1-4,7-9,12,19H,5-6,10H2. The molecule has 19 heavy (non-hydrogen) atoms. The maximum atomic E-state index is 13.2. The highest BCUT2D eigenvalue weighted by Crippen LogP contribution is 2.26. The molecule has 0 saturated carbocycles. The van der Waals surface area contributed by atoms with Crippen molar-refractivity contribution in [3.05, 3.63) is 65.2 Å². The highest BCUT2D eigenvalue weighted by atomic mass is 19.1. The molecule has 1 nitrogen and oxygen atoms in total. The Kier molecular flexibility index (Phi) is 3.20. The molecule has 2 aromatic carbocycles. The van der Waals surface area contributed by atoms with Crippen molar-refractivity contribution in [2.75, 3.05) is 11.9 Å².